The van der Waals surface area contributed by atoms with Gasteiger partial charge in [-0.1, -0.05) is 24.3 Å². The fraction of sp³-hybridized carbons (Fsp3) is 0.435. The van der Waals surface area contributed by atoms with E-state index in [0.29, 0.717) is 13.4 Å². The lowest BCUT2D eigenvalue weighted by atomic mass is 9.87. The summed E-state index contributed by atoms with van der Waals surface area (Å²) in [5.74, 6) is 2.78. The van der Waals surface area contributed by atoms with Gasteiger partial charge in [-0.15, -0.1) is 0 Å². The second-order valence-corrected chi connectivity index (χ2v) is 8.55. The molecule has 3 unspecified atom stereocenters. The Morgan fingerprint density at radius 2 is 1.77 bits per heavy atom. The van der Waals surface area contributed by atoms with Gasteiger partial charge in [-0.2, -0.15) is 0 Å². The number of amides is 1. The smallest absolute Gasteiger partial charge is 0.241 e. The van der Waals surface area contributed by atoms with Gasteiger partial charge >= 0.3 is 0 Å². The van der Waals surface area contributed by atoms with E-state index in [1.807, 2.05) is 29.2 Å². The van der Waals surface area contributed by atoms with Crippen LogP contribution in [0, 0.1) is 5.92 Å². The highest BCUT2D eigenvalue weighted by molar-refractivity contribution is 5.83. The number of hydrogen-bond acceptors (Lipinski definition) is 7. The molecule has 162 valence electrons. The van der Waals surface area contributed by atoms with Crippen molar-refractivity contribution in [3.05, 3.63) is 53.6 Å². The van der Waals surface area contributed by atoms with Gasteiger partial charge in [0.05, 0.1) is 12.6 Å². The maximum absolute atomic E-state index is 13.3. The summed E-state index contributed by atoms with van der Waals surface area (Å²) in [4.78, 5) is 17.6. The molecule has 2 saturated heterocycles. The topological polar surface area (TPSA) is 75.3 Å². The molecule has 4 aliphatic heterocycles. The average molecular weight is 422 g/mol. The molecule has 4 aliphatic rings. The summed E-state index contributed by atoms with van der Waals surface area (Å²) < 4.78 is 16.8. The molecule has 0 aromatic heterocycles. The molecule has 2 aromatic carbocycles. The van der Waals surface area contributed by atoms with E-state index >= 15 is 0 Å². The minimum atomic E-state index is -0.265. The molecule has 2 fully saturated rings. The molecular weight excluding hydrogens is 396 g/mol. The Morgan fingerprint density at radius 1 is 0.935 bits per heavy atom. The van der Waals surface area contributed by atoms with Crippen LogP contribution in [0.25, 0.3) is 0 Å². The van der Waals surface area contributed by atoms with Crippen LogP contribution < -0.4 is 25.1 Å². The number of nitrogens with zero attached hydrogens (tertiary/aromatic N) is 2. The van der Waals surface area contributed by atoms with Crippen LogP contribution in [0.4, 0.5) is 0 Å². The Bertz CT molecular complexity index is 991. The van der Waals surface area contributed by atoms with Gasteiger partial charge in [0.2, 0.25) is 12.7 Å². The minimum Gasteiger partial charge on any atom is -0.493 e. The fourth-order valence-corrected chi connectivity index (χ4v) is 5.01. The Balaban J connectivity index is 1.07. The molecule has 3 atom stereocenters. The number of ether oxygens (including phenoxy) is 3. The highest BCUT2D eigenvalue weighted by Gasteiger charge is 2.46. The van der Waals surface area contributed by atoms with Crippen molar-refractivity contribution in [3.63, 3.8) is 0 Å². The zero-order valence-corrected chi connectivity index (χ0v) is 17.3. The molecule has 0 aliphatic carbocycles. The van der Waals surface area contributed by atoms with Crippen LogP contribution in [0.1, 0.15) is 17.2 Å². The lowest BCUT2D eigenvalue weighted by molar-refractivity contribution is -0.136. The highest BCUT2D eigenvalue weighted by atomic mass is 16.7. The van der Waals surface area contributed by atoms with Crippen LogP contribution >= 0.6 is 0 Å². The SMILES string of the molecule is O=C(C1NNC2c3ccccc3OCC12)N1CCN(Cc2ccc3c(c2)OCO3)CC1. The Kier molecular flexibility index (Phi) is 4.70. The van der Waals surface area contributed by atoms with Crippen molar-refractivity contribution < 1.29 is 19.0 Å². The summed E-state index contributed by atoms with van der Waals surface area (Å²) in [5, 5.41) is 0. The van der Waals surface area contributed by atoms with Gasteiger partial charge in [-0.25, -0.2) is 10.9 Å². The van der Waals surface area contributed by atoms with Crippen molar-refractivity contribution >= 4 is 5.91 Å². The lowest BCUT2D eigenvalue weighted by Gasteiger charge is -2.37. The van der Waals surface area contributed by atoms with E-state index in [4.69, 9.17) is 14.2 Å². The van der Waals surface area contributed by atoms with Crippen LogP contribution in [0.3, 0.4) is 0 Å². The molecule has 2 aromatic rings. The number of piperazine rings is 1. The molecule has 6 rings (SSSR count). The molecule has 0 bridgehead atoms. The van der Waals surface area contributed by atoms with Gasteiger partial charge < -0.3 is 19.1 Å². The number of nitrogens with one attached hydrogen (secondary N) is 2. The molecule has 0 saturated carbocycles. The third-order valence-corrected chi connectivity index (χ3v) is 6.73. The Morgan fingerprint density at radius 3 is 2.68 bits per heavy atom. The minimum absolute atomic E-state index is 0.0917. The summed E-state index contributed by atoms with van der Waals surface area (Å²) in [7, 11) is 0. The number of benzene rings is 2. The zero-order valence-electron chi connectivity index (χ0n) is 17.3. The van der Waals surface area contributed by atoms with Crippen molar-refractivity contribution in [3.8, 4) is 17.2 Å². The van der Waals surface area contributed by atoms with Gasteiger partial charge in [0.25, 0.3) is 0 Å². The van der Waals surface area contributed by atoms with Gasteiger partial charge in [0, 0.05) is 44.2 Å². The number of hydrazine groups is 1. The van der Waals surface area contributed by atoms with Crippen molar-refractivity contribution in [2.75, 3.05) is 39.6 Å². The van der Waals surface area contributed by atoms with Gasteiger partial charge in [0.15, 0.2) is 11.5 Å². The van der Waals surface area contributed by atoms with E-state index in [1.165, 1.54) is 5.56 Å². The Labute approximate surface area is 181 Å². The fourth-order valence-electron chi connectivity index (χ4n) is 5.01. The number of rotatable bonds is 3. The standard InChI is InChI=1S/C23H26N4O4/c28-23(22-17-13-29-18-4-2-1-3-16(18)21(17)24-25-22)27-9-7-26(8-10-27)12-15-5-6-19-20(11-15)31-14-30-19/h1-6,11,17,21-22,24-25H,7-10,12-14H2. The van der Waals surface area contributed by atoms with Crippen LogP contribution in [0.15, 0.2) is 42.5 Å². The maximum atomic E-state index is 13.3. The second kappa shape index (κ2) is 7.71. The normalized spacial score (nSPS) is 26.8. The quantitative estimate of drug-likeness (QED) is 0.772. The summed E-state index contributed by atoms with van der Waals surface area (Å²) >= 11 is 0. The second-order valence-electron chi connectivity index (χ2n) is 8.55. The van der Waals surface area contributed by atoms with Crippen LogP contribution in [0.2, 0.25) is 0 Å². The number of para-hydroxylation sites is 1. The van der Waals surface area contributed by atoms with Crippen LogP contribution in [-0.4, -0.2) is 61.3 Å². The molecule has 2 N–H and O–H groups in total. The van der Waals surface area contributed by atoms with Gasteiger partial charge in [0.1, 0.15) is 11.8 Å². The van der Waals surface area contributed by atoms with E-state index in [1.54, 1.807) is 0 Å². The van der Waals surface area contributed by atoms with E-state index < -0.39 is 0 Å². The third kappa shape index (κ3) is 3.40. The van der Waals surface area contributed by atoms with Crippen LogP contribution in [-0.2, 0) is 11.3 Å². The van der Waals surface area contributed by atoms with Crippen molar-refractivity contribution in [2.45, 2.75) is 18.6 Å². The van der Waals surface area contributed by atoms with Crippen molar-refractivity contribution in [2.24, 2.45) is 5.92 Å². The summed E-state index contributed by atoms with van der Waals surface area (Å²) in [6.07, 6.45) is 0. The number of carbonyl (C=O) groups excluding carboxylic acids is 1. The first-order valence-corrected chi connectivity index (χ1v) is 10.9. The van der Waals surface area contributed by atoms with Gasteiger partial charge in [-0.05, 0) is 23.8 Å². The third-order valence-electron chi connectivity index (χ3n) is 6.73. The predicted molar refractivity (Wildman–Crippen MR) is 113 cm³/mol. The average Bonchev–Trinajstić information content (AvgIpc) is 3.46. The molecule has 1 amide bonds. The number of hydrogen-bond donors (Lipinski definition) is 2. The summed E-state index contributed by atoms with van der Waals surface area (Å²) in [6.45, 7) is 4.86. The molecule has 0 radical (unpaired) electrons. The van der Waals surface area contributed by atoms with Crippen LogP contribution in [0.5, 0.6) is 17.2 Å². The van der Waals surface area contributed by atoms with Gasteiger partial charge in [-0.3, -0.25) is 9.69 Å². The molecule has 8 heteroatoms. The van der Waals surface area contributed by atoms with E-state index in [-0.39, 0.29) is 23.9 Å². The Hall–Kier alpha value is -2.81. The molecule has 31 heavy (non-hydrogen) atoms. The molecule has 0 spiro atoms. The number of fused-ring (bicyclic) bond motifs is 4. The lowest BCUT2D eigenvalue weighted by Crippen LogP contribution is -2.55. The van der Waals surface area contributed by atoms with Crippen molar-refractivity contribution in [1.29, 1.82) is 0 Å². The monoisotopic (exact) mass is 422 g/mol. The summed E-state index contributed by atoms with van der Waals surface area (Å²) in [5.41, 5.74) is 8.91. The van der Waals surface area contributed by atoms with E-state index in [0.717, 1.165) is 55.5 Å². The first kappa shape index (κ1) is 18.9. The van der Waals surface area contributed by atoms with E-state index in [2.05, 4.69) is 34.0 Å². The molecule has 4 heterocycles. The first-order valence-electron chi connectivity index (χ1n) is 10.9. The molecule has 8 nitrogen and oxygen atoms in total. The predicted octanol–water partition coefficient (Wildman–Crippen LogP) is 1.29. The maximum Gasteiger partial charge on any atom is 0.241 e. The molecular formula is C23H26N4O4. The zero-order chi connectivity index (χ0) is 20.8. The van der Waals surface area contributed by atoms with E-state index in [9.17, 15) is 4.79 Å². The highest BCUT2D eigenvalue weighted by Crippen LogP contribution is 2.39. The summed E-state index contributed by atoms with van der Waals surface area (Å²) in [6, 6.07) is 14.0. The largest absolute Gasteiger partial charge is 0.493 e. The van der Waals surface area contributed by atoms with Crippen molar-refractivity contribution in [1.82, 2.24) is 20.7 Å². The number of carbonyl (C=O) groups is 1. The first-order chi connectivity index (χ1) is 15.3.